The highest BCUT2D eigenvalue weighted by Gasteiger charge is 2.62. The van der Waals surface area contributed by atoms with E-state index in [1.165, 1.54) is 38.5 Å². The van der Waals surface area contributed by atoms with Crippen LogP contribution in [-0.2, 0) is 14.7 Å². The van der Waals surface area contributed by atoms with Crippen LogP contribution in [0.1, 0.15) is 44.4 Å². The molecule has 2 heterocycles. The van der Waals surface area contributed by atoms with Gasteiger partial charge in [-0.15, -0.1) is 6.58 Å². The maximum atomic E-state index is 6.63. The molecule has 1 aromatic heterocycles. The van der Waals surface area contributed by atoms with E-state index in [0.717, 1.165) is 16.7 Å². The molecule has 8 rings (SSSR count). The van der Waals surface area contributed by atoms with Crippen molar-refractivity contribution in [2.45, 2.75) is 51.2 Å². The van der Waals surface area contributed by atoms with Gasteiger partial charge in [-0.2, -0.15) is 0 Å². The third kappa shape index (κ3) is 3.84. The van der Waals surface area contributed by atoms with E-state index in [1.807, 2.05) is 0 Å². The van der Waals surface area contributed by atoms with E-state index < -0.39 is 18.3 Å². The molecule has 1 saturated carbocycles. The molecule has 3 aliphatic rings. The summed E-state index contributed by atoms with van der Waals surface area (Å²) in [5, 5.41) is 2.49. The Morgan fingerprint density at radius 3 is 2.05 bits per heavy atom. The highest BCUT2D eigenvalue weighted by Crippen LogP contribution is 2.65. The second-order valence-electron chi connectivity index (χ2n) is 13.8. The van der Waals surface area contributed by atoms with Gasteiger partial charge in [-0.05, 0) is 98.4 Å². The average Bonchev–Trinajstić information content (AvgIpc) is 3.46. The van der Waals surface area contributed by atoms with Gasteiger partial charge in [0.2, 0.25) is 0 Å². The highest BCUT2D eigenvalue weighted by molar-refractivity contribution is 6.62. The summed E-state index contributed by atoms with van der Waals surface area (Å²) in [5.41, 5.74) is 8.64. The van der Waals surface area contributed by atoms with Gasteiger partial charge in [0.1, 0.15) is 0 Å². The maximum absolute atomic E-state index is 6.63. The Morgan fingerprint density at radius 1 is 0.795 bits per heavy atom. The van der Waals surface area contributed by atoms with Gasteiger partial charge in [0.05, 0.1) is 22.2 Å². The van der Waals surface area contributed by atoms with Crippen LogP contribution in [0.25, 0.3) is 33.1 Å². The van der Waals surface area contributed by atoms with Crippen molar-refractivity contribution in [1.82, 2.24) is 4.57 Å². The third-order valence-corrected chi connectivity index (χ3v) is 10.8. The molecule has 0 spiro atoms. The number of nitrogens with zero attached hydrogens (tertiary/aromatic N) is 1. The molecule has 3 unspecified atom stereocenters. The summed E-state index contributed by atoms with van der Waals surface area (Å²) in [6, 6.07) is 33.0. The fourth-order valence-corrected chi connectivity index (χ4v) is 7.71. The first-order chi connectivity index (χ1) is 21.1. The number of aryl methyl sites for hydroxylation is 1. The van der Waals surface area contributed by atoms with Gasteiger partial charge in [-0.3, -0.25) is 0 Å². The van der Waals surface area contributed by atoms with Crippen molar-refractivity contribution in [3.63, 3.8) is 0 Å². The summed E-state index contributed by atoms with van der Waals surface area (Å²) in [6.07, 6.45) is 9.36. The standard InChI is InChI=1S/C40H38BNO2/c1-7-33-35-21-20-27(25-40(33,35)34-17-11-8-14-26(34)2)28-22-29(41-43-38(3,4)39(5,6)44-41)24-30(23-28)42-36-18-12-9-15-31(36)32-16-10-13-19-37(32)42/h7-25,33,35H,1H2,2-6H3. The summed E-state index contributed by atoms with van der Waals surface area (Å²) in [7, 11) is -0.472. The molecule has 1 aliphatic heterocycles. The Morgan fingerprint density at radius 2 is 1.41 bits per heavy atom. The Balaban J connectivity index is 1.36. The second-order valence-corrected chi connectivity index (χ2v) is 13.8. The summed E-state index contributed by atoms with van der Waals surface area (Å²) < 4.78 is 15.6. The first-order valence-corrected chi connectivity index (χ1v) is 15.7. The summed E-state index contributed by atoms with van der Waals surface area (Å²) >= 11 is 0. The quantitative estimate of drug-likeness (QED) is 0.155. The van der Waals surface area contributed by atoms with Crippen molar-refractivity contribution >= 4 is 40.0 Å². The molecule has 3 atom stereocenters. The lowest BCUT2D eigenvalue weighted by atomic mass is 9.76. The zero-order chi connectivity index (χ0) is 30.4. The van der Waals surface area contributed by atoms with Crippen molar-refractivity contribution in [3.8, 4) is 5.69 Å². The molecule has 218 valence electrons. The summed E-state index contributed by atoms with van der Waals surface area (Å²) in [5.74, 6) is 0.799. The number of rotatable bonds is 5. The van der Waals surface area contributed by atoms with E-state index in [9.17, 15) is 0 Å². The van der Waals surface area contributed by atoms with Crippen molar-refractivity contribution in [3.05, 3.63) is 139 Å². The molecule has 0 radical (unpaired) electrons. The number of aromatic nitrogens is 1. The molecule has 0 amide bonds. The molecule has 2 aliphatic carbocycles. The molecule has 4 aromatic carbocycles. The van der Waals surface area contributed by atoms with Crippen molar-refractivity contribution < 1.29 is 9.31 Å². The van der Waals surface area contributed by atoms with Gasteiger partial charge in [-0.25, -0.2) is 0 Å². The highest BCUT2D eigenvalue weighted by atomic mass is 16.7. The van der Waals surface area contributed by atoms with Crippen molar-refractivity contribution in [2.75, 3.05) is 0 Å². The van der Waals surface area contributed by atoms with E-state index in [1.54, 1.807) is 0 Å². The van der Waals surface area contributed by atoms with E-state index in [-0.39, 0.29) is 5.41 Å². The average molecular weight is 576 g/mol. The Kier molecular flexibility index (Phi) is 5.89. The van der Waals surface area contributed by atoms with Crippen LogP contribution in [0, 0.1) is 18.8 Å². The lowest BCUT2D eigenvalue weighted by molar-refractivity contribution is 0.00578. The van der Waals surface area contributed by atoms with Crippen LogP contribution in [0.3, 0.4) is 0 Å². The summed E-state index contributed by atoms with van der Waals surface area (Å²) in [4.78, 5) is 0. The molecule has 0 bridgehead atoms. The van der Waals surface area contributed by atoms with Crippen LogP contribution in [0.2, 0.25) is 0 Å². The zero-order valence-corrected chi connectivity index (χ0v) is 26.2. The molecule has 0 N–H and O–H groups in total. The topological polar surface area (TPSA) is 23.4 Å². The van der Waals surface area contributed by atoms with Crippen molar-refractivity contribution in [2.24, 2.45) is 11.8 Å². The first kappa shape index (κ1) is 27.4. The molecular weight excluding hydrogens is 537 g/mol. The molecule has 3 nitrogen and oxygen atoms in total. The zero-order valence-electron chi connectivity index (χ0n) is 26.2. The largest absolute Gasteiger partial charge is 0.494 e. The number of fused-ring (bicyclic) bond motifs is 4. The SMILES string of the molecule is C=CC1C2C=CC(c3cc(B4OC(C)(C)C(C)(C)O4)cc(-n4c5ccccc5c5ccccc54)c3)=CC12c1ccccc1C. The van der Waals surface area contributed by atoms with Gasteiger partial charge < -0.3 is 13.9 Å². The molecule has 1 saturated heterocycles. The number of hydrogen-bond donors (Lipinski definition) is 0. The van der Waals surface area contributed by atoms with Crippen LogP contribution in [0.15, 0.2) is 122 Å². The van der Waals surface area contributed by atoms with Gasteiger partial charge in [0.15, 0.2) is 0 Å². The normalized spacial score (nSPS) is 24.8. The Hall–Kier alpha value is -4.12. The maximum Gasteiger partial charge on any atom is 0.494 e. The number of allylic oxidation sites excluding steroid dienone is 5. The van der Waals surface area contributed by atoms with E-state index in [4.69, 9.17) is 9.31 Å². The number of para-hydroxylation sites is 2. The van der Waals surface area contributed by atoms with Gasteiger partial charge in [0, 0.05) is 21.9 Å². The van der Waals surface area contributed by atoms with Crippen LogP contribution in [0.4, 0.5) is 0 Å². The smallest absolute Gasteiger partial charge is 0.399 e. The molecule has 2 fully saturated rings. The molecule has 4 heteroatoms. The first-order valence-electron chi connectivity index (χ1n) is 15.7. The van der Waals surface area contributed by atoms with Gasteiger partial charge >= 0.3 is 7.12 Å². The molecule has 44 heavy (non-hydrogen) atoms. The van der Waals surface area contributed by atoms with Crippen LogP contribution < -0.4 is 5.46 Å². The molecule has 5 aromatic rings. The minimum atomic E-state index is -0.472. The van der Waals surface area contributed by atoms with E-state index in [2.05, 4.69) is 161 Å². The lowest BCUT2D eigenvalue weighted by Crippen LogP contribution is -2.41. The minimum Gasteiger partial charge on any atom is -0.399 e. The lowest BCUT2D eigenvalue weighted by Gasteiger charge is -2.32. The predicted molar refractivity (Wildman–Crippen MR) is 184 cm³/mol. The predicted octanol–water partition coefficient (Wildman–Crippen LogP) is 8.71. The second kappa shape index (κ2) is 9.44. The number of hydrogen-bond acceptors (Lipinski definition) is 2. The van der Waals surface area contributed by atoms with E-state index in [0.29, 0.717) is 11.8 Å². The van der Waals surface area contributed by atoms with Gasteiger partial charge in [-0.1, -0.05) is 91.0 Å². The number of benzene rings is 4. The summed E-state index contributed by atoms with van der Waals surface area (Å²) in [6.45, 7) is 14.9. The van der Waals surface area contributed by atoms with Crippen molar-refractivity contribution in [1.29, 1.82) is 0 Å². The fourth-order valence-electron chi connectivity index (χ4n) is 7.71. The van der Waals surface area contributed by atoms with Crippen LogP contribution >= 0.6 is 0 Å². The monoisotopic (exact) mass is 575 g/mol. The minimum absolute atomic E-state index is 0.0788. The Bertz CT molecular complexity index is 1970. The van der Waals surface area contributed by atoms with Crippen LogP contribution in [-0.4, -0.2) is 22.9 Å². The fraction of sp³-hybridized carbons (Fsp3) is 0.250. The Labute approximate surface area is 260 Å². The van der Waals surface area contributed by atoms with E-state index >= 15 is 0 Å². The van der Waals surface area contributed by atoms with Gasteiger partial charge in [0.25, 0.3) is 0 Å². The van der Waals surface area contributed by atoms with Crippen LogP contribution in [0.5, 0.6) is 0 Å². The third-order valence-electron chi connectivity index (χ3n) is 10.8. The molecular formula is C40H38BNO2.